The van der Waals surface area contributed by atoms with Gasteiger partial charge in [-0.2, -0.15) is 5.10 Å². The van der Waals surface area contributed by atoms with Gasteiger partial charge in [-0.1, -0.05) is 26.7 Å². The predicted octanol–water partition coefficient (Wildman–Crippen LogP) is 2.81. The average molecular weight is 396 g/mol. The Morgan fingerprint density at radius 1 is 1.28 bits per heavy atom. The minimum absolute atomic E-state index is 0.0532. The summed E-state index contributed by atoms with van der Waals surface area (Å²) in [6, 6.07) is 3.79. The van der Waals surface area contributed by atoms with Crippen LogP contribution >= 0.6 is 0 Å². The summed E-state index contributed by atoms with van der Waals surface area (Å²) in [5.41, 5.74) is 3.04. The lowest BCUT2D eigenvalue weighted by Crippen LogP contribution is -2.38. The van der Waals surface area contributed by atoms with E-state index in [0.29, 0.717) is 36.7 Å². The van der Waals surface area contributed by atoms with Crippen LogP contribution in [0, 0.1) is 5.92 Å². The van der Waals surface area contributed by atoms with Crippen LogP contribution in [-0.2, 0) is 19.5 Å². The third-order valence-electron chi connectivity index (χ3n) is 5.77. The fourth-order valence-electron chi connectivity index (χ4n) is 4.34. The molecular weight excluding hydrogens is 366 g/mol. The van der Waals surface area contributed by atoms with Crippen molar-refractivity contribution in [3.63, 3.8) is 0 Å². The molecule has 1 fully saturated rings. The Labute approximate surface area is 171 Å². The molecule has 0 aromatic carbocycles. The van der Waals surface area contributed by atoms with Gasteiger partial charge in [-0.3, -0.25) is 19.3 Å². The second kappa shape index (κ2) is 8.35. The summed E-state index contributed by atoms with van der Waals surface area (Å²) in [5, 5.41) is 7.85. The number of amides is 2. The van der Waals surface area contributed by atoms with Crippen LogP contribution in [-0.4, -0.2) is 44.1 Å². The molecule has 4 rings (SSSR count). The first-order valence-corrected chi connectivity index (χ1v) is 10.6. The van der Waals surface area contributed by atoms with Crippen LogP contribution in [0.3, 0.4) is 0 Å². The topological polar surface area (TPSA) is 80.1 Å². The van der Waals surface area contributed by atoms with Crippen LogP contribution in [0.5, 0.6) is 0 Å². The normalized spacial score (nSPS) is 16.9. The van der Waals surface area contributed by atoms with E-state index in [1.54, 1.807) is 29.4 Å². The molecule has 0 atom stereocenters. The molecule has 1 N–H and O–H groups in total. The third kappa shape index (κ3) is 4.18. The smallest absolute Gasteiger partial charge is 0.272 e. The molecule has 2 aromatic rings. The summed E-state index contributed by atoms with van der Waals surface area (Å²) in [6.07, 6.45) is 8.35. The number of pyridine rings is 1. The molecule has 2 amide bonds. The Morgan fingerprint density at radius 2 is 2.07 bits per heavy atom. The number of hydrogen-bond acceptors (Lipinski definition) is 4. The zero-order chi connectivity index (χ0) is 20.4. The fraction of sp³-hybridized carbons (Fsp3) is 0.545. The SMILES string of the molecule is CC(C)Cn1nc(C(=O)NC2CCCC2)c2c1CCN(C(=O)c1cccnc1)C2. The summed E-state index contributed by atoms with van der Waals surface area (Å²) in [6.45, 7) is 6.10. The maximum atomic E-state index is 13.0. The standard InChI is InChI=1S/C22H29N5O2/c1-15(2)13-27-19-9-11-26(22(29)16-6-5-10-23-12-16)14-18(19)20(25-27)21(28)24-17-7-3-4-8-17/h5-6,10,12,15,17H,3-4,7-9,11,13-14H2,1-2H3,(H,24,28). The molecule has 0 radical (unpaired) electrons. The summed E-state index contributed by atoms with van der Waals surface area (Å²) in [7, 11) is 0. The van der Waals surface area contributed by atoms with E-state index < -0.39 is 0 Å². The second-order valence-electron chi connectivity index (χ2n) is 8.52. The molecule has 1 aliphatic heterocycles. The summed E-state index contributed by atoms with van der Waals surface area (Å²) < 4.78 is 1.98. The minimum atomic E-state index is -0.105. The first-order chi connectivity index (χ1) is 14.0. The van der Waals surface area contributed by atoms with Gasteiger partial charge in [0.1, 0.15) is 0 Å². The van der Waals surface area contributed by atoms with Gasteiger partial charge in [-0.25, -0.2) is 0 Å². The van der Waals surface area contributed by atoms with Gasteiger partial charge in [0, 0.05) is 49.2 Å². The number of hydrogen-bond donors (Lipinski definition) is 1. The van der Waals surface area contributed by atoms with Gasteiger partial charge in [-0.15, -0.1) is 0 Å². The van der Waals surface area contributed by atoms with Crippen molar-refractivity contribution in [1.82, 2.24) is 25.0 Å². The highest BCUT2D eigenvalue weighted by Crippen LogP contribution is 2.26. The van der Waals surface area contributed by atoms with Crippen molar-refractivity contribution < 1.29 is 9.59 Å². The molecule has 0 spiro atoms. The largest absolute Gasteiger partial charge is 0.348 e. The predicted molar refractivity (Wildman–Crippen MR) is 109 cm³/mol. The highest BCUT2D eigenvalue weighted by atomic mass is 16.2. The fourth-order valence-corrected chi connectivity index (χ4v) is 4.34. The van der Waals surface area contributed by atoms with Crippen molar-refractivity contribution >= 4 is 11.8 Å². The number of fused-ring (bicyclic) bond motifs is 1. The van der Waals surface area contributed by atoms with Crippen molar-refractivity contribution in [1.29, 1.82) is 0 Å². The van der Waals surface area contributed by atoms with E-state index in [1.165, 1.54) is 0 Å². The van der Waals surface area contributed by atoms with Crippen molar-refractivity contribution in [3.8, 4) is 0 Å². The van der Waals surface area contributed by atoms with Gasteiger partial charge in [0.05, 0.1) is 12.1 Å². The van der Waals surface area contributed by atoms with Gasteiger partial charge in [-0.05, 0) is 30.9 Å². The molecule has 0 unspecified atom stereocenters. The van der Waals surface area contributed by atoms with Gasteiger partial charge >= 0.3 is 0 Å². The Kier molecular flexibility index (Phi) is 5.65. The molecule has 7 heteroatoms. The molecule has 154 valence electrons. The summed E-state index contributed by atoms with van der Waals surface area (Å²) >= 11 is 0. The second-order valence-corrected chi connectivity index (χ2v) is 8.52. The number of nitrogens with zero attached hydrogens (tertiary/aromatic N) is 4. The van der Waals surface area contributed by atoms with Crippen LogP contribution < -0.4 is 5.32 Å². The van der Waals surface area contributed by atoms with Gasteiger partial charge < -0.3 is 10.2 Å². The number of carbonyl (C=O) groups is 2. The van der Waals surface area contributed by atoms with E-state index in [4.69, 9.17) is 5.10 Å². The number of aromatic nitrogens is 3. The van der Waals surface area contributed by atoms with Gasteiger partial charge in [0.2, 0.25) is 0 Å². The van der Waals surface area contributed by atoms with E-state index in [2.05, 4.69) is 24.1 Å². The highest BCUT2D eigenvalue weighted by molar-refractivity contribution is 5.96. The summed E-state index contributed by atoms with van der Waals surface area (Å²) in [5.74, 6) is 0.272. The van der Waals surface area contributed by atoms with Crippen LogP contribution in [0.2, 0.25) is 0 Å². The maximum Gasteiger partial charge on any atom is 0.272 e. The van der Waals surface area contributed by atoms with Gasteiger partial charge in [0.15, 0.2) is 5.69 Å². The molecule has 7 nitrogen and oxygen atoms in total. The number of rotatable bonds is 5. The van der Waals surface area contributed by atoms with Crippen molar-refractivity contribution in [2.75, 3.05) is 6.54 Å². The van der Waals surface area contributed by atoms with E-state index in [9.17, 15) is 9.59 Å². The first-order valence-electron chi connectivity index (χ1n) is 10.6. The third-order valence-corrected chi connectivity index (χ3v) is 5.77. The van der Waals surface area contributed by atoms with Crippen LogP contribution in [0.25, 0.3) is 0 Å². The van der Waals surface area contributed by atoms with E-state index in [1.807, 2.05) is 4.68 Å². The quantitative estimate of drug-likeness (QED) is 0.844. The Hall–Kier alpha value is -2.70. The monoisotopic (exact) mass is 395 g/mol. The van der Waals surface area contributed by atoms with Crippen LogP contribution in [0.1, 0.15) is 71.6 Å². The zero-order valence-corrected chi connectivity index (χ0v) is 17.2. The Bertz CT molecular complexity index is 884. The number of carbonyl (C=O) groups excluding carboxylic acids is 2. The zero-order valence-electron chi connectivity index (χ0n) is 17.2. The molecule has 2 aromatic heterocycles. The molecule has 0 bridgehead atoms. The van der Waals surface area contributed by atoms with Crippen molar-refractivity contribution in [2.24, 2.45) is 5.92 Å². The van der Waals surface area contributed by atoms with Crippen molar-refractivity contribution in [2.45, 2.75) is 65.1 Å². The molecule has 29 heavy (non-hydrogen) atoms. The maximum absolute atomic E-state index is 13.0. The van der Waals surface area contributed by atoms with E-state index in [-0.39, 0.29) is 17.9 Å². The lowest BCUT2D eigenvalue weighted by Gasteiger charge is -2.28. The van der Waals surface area contributed by atoms with Crippen LogP contribution in [0.15, 0.2) is 24.5 Å². The van der Waals surface area contributed by atoms with Gasteiger partial charge in [0.25, 0.3) is 11.8 Å². The molecule has 2 aliphatic rings. The van der Waals surface area contributed by atoms with Crippen LogP contribution in [0.4, 0.5) is 0 Å². The van der Waals surface area contributed by atoms with E-state index in [0.717, 1.165) is 43.5 Å². The lowest BCUT2D eigenvalue weighted by atomic mass is 10.0. The molecular formula is C22H29N5O2. The van der Waals surface area contributed by atoms with E-state index >= 15 is 0 Å². The lowest BCUT2D eigenvalue weighted by molar-refractivity contribution is 0.0729. The Morgan fingerprint density at radius 3 is 2.76 bits per heavy atom. The molecule has 0 saturated heterocycles. The summed E-state index contributed by atoms with van der Waals surface area (Å²) in [4.78, 5) is 31.8. The number of nitrogens with one attached hydrogen (secondary N) is 1. The minimum Gasteiger partial charge on any atom is -0.348 e. The van der Waals surface area contributed by atoms with Crippen molar-refractivity contribution in [3.05, 3.63) is 47.0 Å². The molecule has 1 aliphatic carbocycles. The molecule has 1 saturated carbocycles. The molecule has 3 heterocycles. The first kappa shape index (κ1) is 19.6. The average Bonchev–Trinajstić information content (AvgIpc) is 3.35. The highest BCUT2D eigenvalue weighted by Gasteiger charge is 2.31. The Balaban J connectivity index is 1.60.